The maximum Gasteiger partial charge on any atom is 0.233 e. The van der Waals surface area contributed by atoms with Crippen LogP contribution in [0.2, 0.25) is 5.02 Å². The molecule has 25 heavy (non-hydrogen) atoms. The molecule has 0 aliphatic carbocycles. The summed E-state index contributed by atoms with van der Waals surface area (Å²) in [5, 5.41) is 6.82. The zero-order valence-corrected chi connectivity index (χ0v) is 15.6. The van der Waals surface area contributed by atoms with Crippen molar-refractivity contribution in [2.45, 2.75) is 45.1 Å². The Balaban J connectivity index is 1.60. The highest BCUT2D eigenvalue weighted by atomic mass is 35.5. The minimum absolute atomic E-state index is 0.0250. The second-order valence-corrected chi connectivity index (χ2v) is 6.99. The van der Waals surface area contributed by atoms with E-state index in [0.29, 0.717) is 18.0 Å². The molecular weight excluding hydrogens is 338 g/mol. The number of hydrogen-bond donors (Lipinski definition) is 2. The Morgan fingerprint density at radius 3 is 2.76 bits per heavy atom. The van der Waals surface area contributed by atoms with Gasteiger partial charge in [-0.05, 0) is 43.9 Å². The lowest BCUT2D eigenvalue weighted by Gasteiger charge is -2.20. The molecule has 1 atom stereocenters. The van der Waals surface area contributed by atoms with Crippen LogP contribution in [0.3, 0.4) is 0 Å². The summed E-state index contributed by atoms with van der Waals surface area (Å²) in [6.07, 6.45) is 4.69. The summed E-state index contributed by atoms with van der Waals surface area (Å²) in [4.78, 5) is 25.8. The number of halogens is 1. The number of rotatable bonds is 8. The maximum absolute atomic E-state index is 11.9. The number of carbonyl (C=O) groups is 2. The molecule has 1 heterocycles. The minimum Gasteiger partial charge on any atom is -0.355 e. The van der Waals surface area contributed by atoms with Gasteiger partial charge in [0.25, 0.3) is 0 Å². The lowest BCUT2D eigenvalue weighted by Crippen LogP contribution is -2.37. The fraction of sp³-hybridized carbons (Fsp3) is 0.579. The highest BCUT2D eigenvalue weighted by molar-refractivity contribution is 6.30. The molecule has 0 spiro atoms. The molecule has 5 nitrogen and oxygen atoms in total. The first-order valence-electron chi connectivity index (χ1n) is 9.09. The van der Waals surface area contributed by atoms with Crippen LogP contribution in [-0.4, -0.2) is 42.9 Å². The van der Waals surface area contributed by atoms with Crippen LogP contribution in [-0.2, 0) is 9.59 Å². The first-order chi connectivity index (χ1) is 12.1. The molecule has 138 valence electrons. The monoisotopic (exact) mass is 365 g/mol. The summed E-state index contributed by atoms with van der Waals surface area (Å²) in [6, 6.07) is 7.68. The van der Waals surface area contributed by atoms with Gasteiger partial charge in [-0.1, -0.05) is 30.2 Å². The quantitative estimate of drug-likeness (QED) is 0.696. The summed E-state index contributed by atoms with van der Waals surface area (Å²) in [7, 11) is 0. The summed E-state index contributed by atoms with van der Waals surface area (Å²) < 4.78 is 0. The maximum atomic E-state index is 11.9. The van der Waals surface area contributed by atoms with Gasteiger partial charge >= 0.3 is 0 Å². The van der Waals surface area contributed by atoms with E-state index >= 15 is 0 Å². The number of nitrogens with one attached hydrogen (secondary N) is 2. The predicted octanol–water partition coefficient (Wildman–Crippen LogP) is 2.90. The van der Waals surface area contributed by atoms with Crippen molar-refractivity contribution in [2.24, 2.45) is 0 Å². The molecule has 2 N–H and O–H groups in total. The molecule has 2 rings (SSSR count). The number of amides is 2. The van der Waals surface area contributed by atoms with Crippen molar-refractivity contribution >= 4 is 23.4 Å². The van der Waals surface area contributed by atoms with E-state index < -0.39 is 0 Å². The van der Waals surface area contributed by atoms with E-state index in [1.54, 1.807) is 0 Å². The first kappa shape index (κ1) is 19.7. The van der Waals surface area contributed by atoms with Crippen LogP contribution in [0.1, 0.15) is 50.6 Å². The Kier molecular flexibility index (Phi) is 8.22. The van der Waals surface area contributed by atoms with Crippen molar-refractivity contribution < 1.29 is 9.59 Å². The Bertz CT molecular complexity index is 562. The minimum atomic E-state index is -0.0250. The van der Waals surface area contributed by atoms with E-state index in [-0.39, 0.29) is 24.4 Å². The molecule has 1 aliphatic rings. The molecule has 0 aromatic heterocycles. The Hall–Kier alpha value is -1.59. The van der Waals surface area contributed by atoms with Gasteiger partial charge in [0.15, 0.2) is 0 Å². The largest absolute Gasteiger partial charge is 0.355 e. The van der Waals surface area contributed by atoms with E-state index in [4.69, 9.17) is 11.6 Å². The normalized spacial score (nSPS) is 16.4. The molecule has 0 saturated carbocycles. The van der Waals surface area contributed by atoms with Gasteiger partial charge in [-0.15, -0.1) is 0 Å². The molecule has 0 radical (unpaired) electrons. The molecule has 6 heteroatoms. The third kappa shape index (κ3) is 7.04. The standard InChI is InChI=1S/C19H28ClN3O2/c1-15(16-7-9-17(20)10-8-16)22-14-18(24)21-11-5-13-23-12-4-2-3-6-19(23)25/h7-10,15,22H,2-6,11-14H2,1H3,(H,21,24). The average Bonchev–Trinajstić information content (AvgIpc) is 2.81. The van der Waals surface area contributed by atoms with E-state index in [2.05, 4.69) is 10.6 Å². The van der Waals surface area contributed by atoms with Crippen LogP contribution in [0, 0.1) is 0 Å². The summed E-state index contributed by atoms with van der Waals surface area (Å²) >= 11 is 5.88. The van der Waals surface area contributed by atoms with Gasteiger partial charge in [0.2, 0.25) is 11.8 Å². The lowest BCUT2D eigenvalue weighted by molar-refractivity contribution is -0.130. The van der Waals surface area contributed by atoms with Crippen LogP contribution in [0.4, 0.5) is 0 Å². The molecule has 1 fully saturated rings. The molecule has 1 aliphatic heterocycles. The van der Waals surface area contributed by atoms with Gasteiger partial charge in [-0.3, -0.25) is 9.59 Å². The van der Waals surface area contributed by atoms with Gasteiger partial charge in [-0.25, -0.2) is 0 Å². The Morgan fingerprint density at radius 2 is 2.00 bits per heavy atom. The van der Waals surface area contributed by atoms with Gasteiger partial charge in [0.1, 0.15) is 0 Å². The summed E-state index contributed by atoms with van der Waals surface area (Å²) in [5.74, 6) is 0.227. The van der Waals surface area contributed by atoms with Gasteiger partial charge in [-0.2, -0.15) is 0 Å². The van der Waals surface area contributed by atoms with Crippen molar-refractivity contribution in [3.8, 4) is 0 Å². The number of nitrogens with zero attached hydrogens (tertiary/aromatic N) is 1. The highest BCUT2D eigenvalue weighted by Crippen LogP contribution is 2.15. The molecule has 1 saturated heterocycles. The first-order valence-corrected chi connectivity index (χ1v) is 9.47. The topological polar surface area (TPSA) is 61.4 Å². The smallest absolute Gasteiger partial charge is 0.233 e. The van der Waals surface area contributed by atoms with Crippen LogP contribution in [0.15, 0.2) is 24.3 Å². The molecular formula is C19H28ClN3O2. The third-order valence-corrected chi connectivity index (χ3v) is 4.79. The molecule has 2 amide bonds. The van der Waals surface area contributed by atoms with Crippen LogP contribution >= 0.6 is 11.6 Å². The van der Waals surface area contributed by atoms with Crippen molar-refractivity contribution in [3.05, 3.63) is 34.9 Å². The van der Waals surface area contributed by atoms with Crippen molar-refractivity contribution in [1.29, 1.82) is 0 Å². The Labute approximate surface area is 155 Å². The summed E-state index contributed by atoms with van der Waals surface area (Å²) in [6.45, 7) is 4.47. The fourth-order valence-electron chi connectivity index (χ4n) is 2.95. The van der Waals surface area contributed by atoms with E-state index in [1.165, 1.54) is 0 Å². The average molecular weight is 366 g/mol. The van der Waals surface area contributed by atoms with Crippen LogP contribution in [0.5, 0.6) is 0 Å². The zero-order chi connectivity index (χ0) is 18.1. The summed E-state index contributed by atoms with van der Waals surface area (Å²) in [5.41, 5.74) is 1.09. The van der Waals surface area contributed by atoms with Crippen molar-refractivity contribution in [1.82, 2.24) is 15.5 Å². The second kappa shape index (κ2) is 10.4. The van der Waals surface area contributed by atoms with Crippen molar-refractivity contribution in [2.75, 3.05) is 26.2 Å². The van der Waals surface area contributed by atoms with Crippen molar-refractivity contribution in [3.63, 3.8) is 0 Å². The number of likely N-dealkylation sites (tertiary alicyclic amines) is 1. The number of benzene rings is 1. The lowest BCUT2D eigenvalue weighted by atomic mass is 10.1. The van der Waals surface area contributed by atoms with Crippen LogP contribution in [0.25, 0.3) is 0 Å². The molecule has 1 aromatic rings. The van der Waals surface area contributed by atoms with E-state index in [0.717, 1.165) is 44.3 Å². The Morgan fingerprint density at radius 1 is 1.24 bits per heavy atom. The van der Waals surface area contributed by atoms with Gasteiger partial charge < -0.3 is 15.5 Å². The fourth-order valence-corrected chi connectivity index (χ4v) is 3.08. The van der Waals surface area contributed by atoms with Gasteiger partial charge in [0, 0.05) is 37.1 Å². The SMILES string of the molecule is CC(NCC(=O)NCCCN1CCCCCC1=O)c1ccc(Cl)cc1. The third-order valence-electron chi connectivity index (χ3n) is 4.54. The van der Waals surface area contributed by atoms with E-state index in [9.17, 15) is 9.59 Å². The van der Waals surface area contributed by atoms with Crippen LogP contribution < -0.4 is 10.6 Å². The zero-order valence-electron chi connectivity index (χ0n) is 14.9. The van der Waals surface area contributed by atoms with Gasteiger partial charge in [0.05, 0.1) is 6.54 Å². The highest BCUT2D eigenvalue weighted by Gasteiger charge is 2.15. The number of hydrogen-bond acceptors (Lipinski definition) is 3. The number of carbonyl (C=O) groups excluding carboxylic acids is 2. The molecule has 1 aromatic carbocycles. The molecule has 0 bridgehead atoms. The predicted molar refractivity (Wildman–Crippen MR) is 101 cm³/mol. The molecule has 1 unspecified atom stereocenters. The second-order valence-electron chi connectivity index (χ2n) is 6.55. The van der Waals surface area contributed by atoms with E-state index in [1.807, 2.05) is 36.1 Å².